The number of para-hydroxylation sites is 3. The Morgan fingerprint density at radius 1 is 0.392 bits per heavy atom. The number of benzene rings is 8. The van der Waals surface area contributed by atoms with Gasteiger partial charge in [0.1, 0.15) is 0 Å². The van der Waals surface area contributed by atoms with Gasteiger partial charge in [0.25, 0.3) is 0 Å². The smallest absolute Gasteiger partial charge is 0.0628 e. The summed E-state index contributed by atoms with van der Waals surface area (Å²) >= 11 is 0. The van der Waals surface area contributed by atoms with E-state index in [1.807, 2.05) is 0 Å². The van der Waals surface area contributed by atoms with Crippen molar-refractivity contribution in [3.8, 4) is 22.5 Å². The topological polar surface area (TPSA) is 13.1 Å². The Morgan fingerprint density at radius 3 is 1.92 bits per heavy atom. The lowest BCUT2D eigenvalue weighted by atomic mass is 10.0. The average Bonchev–Trinajstić information content (AvgIpc) is 3.79. The summed E-state index contributed by atoms with van der Waals surface area (Å²) in [5.74, 6) is 0. The van der Waals surface area contributed by atoms with Crippen LogP contribution in [0.4, 0.5) is 17.1 Å². The summed E-state index contributed by atoms with van der Waals surface area (Å²) in [4.78, 5) is 2.36. The lowest BCUT2D eigenvalue weighted by Gasteiger charge is -2.27. The molecule has 0 N–H and O–H groups in total. The zero-order chi connectivity index (χ0) is 33.7. The number of fused-ring (bicyclic) bond motifs is 6. The van der Waals surface area contributed by atoms with Crippen LogP contribution < -0.4 is 4.90 Å². The molecule has 51 heavy (non-hydrogen) atoms. The van der Waals surface area contributed by atoms with E-state index in [2.05, 4.69) is 214 Å². The van der Waals surface area contributed by atoms with E-state index in [1.165, 1.54) is 60.3 Å². The minimum atomic E-state index is 1.12. The van der Waals surface area contributed by atoms with Crippen molar-refractivity contribution >= 4 is 60.5 Å². The molecule has 8 aromatic carbocycles. The van der Waals surface area contributed by atoms with Gasteiger partial charge in [-0.15, -0.1) is 0 Å². The van der Waals surface area contributed by atoms with Crippen molar-refractivity contribution in [1.29, 1.82) is 0 Å². The molecule has 240 valence electrons. The maximum absolute atomic E-state index is 2.38. The minimum Gasteiger partial charge on any atom is -0.316 e. The molecule has 0 aliphatic heterocycles. The molecule has 10 aromatic rings. The fourth-order valence-electron chi connectivity index (χ4n) is 7.80. The normalized spacial score (nSPS) is 11.5. The van der Waals surface area contributed by atoms with Crippen molar-refractivity contribution in [1.82, 2.24) is 9.13 Å². The second-order valence-corrected chi connectivity index (χ2v) is 13.0. The van der Waals surface area contributed by atoms with Crippen LogP contribution in [0, 0.1) is 0 Å². The molecule has 2 aromatic heterocycles. The molecule has 0 atom stereocenters. The third-order valence-electron chi connectivity index (χ3n) is 10.1. The van der Waals surface area contributed by atoms with Gasteiger partial charge < -0.3 is 14.0 Å². The predicted molar refractivity (Wildman–Crippen MR) is 215 cm³/mol. The highest BCUT2D eigenvalue weighted by atomic mass is 15.1. The van der Waals surface area contributed by atoms with Crippen LogP contribution in [0.5, 0.6) is 0 Å². The standard InChI is InChI=1S/C48H33N3/c1-3-16-39(17-4-1)50(44-24-12-14-35-13-7-8-21-42(35)44)41-20-11-15-37(33-41)34-25-28-38(29-26-34)49-32-31-36-27-30-46-47(48(36)49)43-22-9-10-23-45(43)51(46)40-18-5-2-6-19-40/h1-33H. The van der Waals surface area contributed by atoms with Gasteiger partial charge in [0.05, 0.1) is 22.2 Å². The van der Waals surface area contributed by atoms with Crippen molar-refractivity contribution < 1.29 is 0 Å². The van der Waals surface area contributed by atoms with Gasteiger partial charge in [0.15, 0.2) is 0 Å². The molecule has 0 spiro atoms. The minimum absolute atomic E-state index is 1.12. The summed E-state index contributed by atoms with van der Waals surface area (Å²) in [6.45, 7) is 0. The second kappa shape index (κ2) is 11.9. The maximum atomic E-state index is 2.38. The van der Waals surface area contributed by atoms with Crippen molar-refractivity contribution in [2.45, 2.75) is 0 Å². The highest BCUT2D eigenvalue weighted by Gasteiger charge is 2.18. The molecule has 3 heteroatoms. The Morgan fingerprint density at radius 2 is 1.08 bits per heavy atom. The SMILES string of the molecule is c1ccc(N(c2cccc(-c3ccc(-n4ccc5ccc6c(c7ccccc7n6-c6ccccc6)c54)cc3)c2)c2cccc3ccccc23)cc1. The van der Waals surface area contributed by atoms with Gasteiger partial charge in [-0.2, -0.15) is 0 Å². The first-order chi connectivity index (χ1) is 25.3. The van der Waals surface area contributed by atoms with E-state index in [4.69, 9.17) is 0 Å². The van der Waals surface area contributed by atoms with E-state index in [1.54, 1.807) is 0 Å². The van der Waals surface area contributed by atoms with Gasteiger partial charge in [-0.25, -0.2) is 0 Å². The number of nitrogens with zero attached hydrogens (tertiary/aromatic N) is 3. The van der Waals surface area contributed by atoms with Crippen LogP contribution in [0.2, 0.25) is 0 Å². The lowest BCUT2D eigenvalue weighted by molar-refractivity contribution is 1.13. The molecule has 0 bridgehead atoms. The van der Waals surface area contributed by atoms with Crippen molar-refractivity contribution in [3.63, 3.8) is 0 Å². The van der Waals surface area contributed by atoms with Crippen LogP contribution in [-0.4, -0.2) is 9.13 Å². The molecule has 3 nitrogen and oxygen atoms in total. The predicted octanol–water partition coefficient (Wildman–Crippen LogP) is 13.0. The summed E-state index contributed by atoms with van der Waals surface area (Å²) in [6.07, 6.45) is 2.20. The molecule has 2 heterocycles. The molecule has 0 radical (unpaired) electrons. The molecular formula is C48H33N3. The molecule has 0 unspecified atom stereocenters. The van der Waals surface area contributed by atoms with Gasteiger partial charge in [0, 0.05) is 50.5 Å². The third kappa shape index (κ3) is 4.82. The number of aromatic nitrogens is 2. The summed E-state index contributed by atoms with van der Waals surface area (Å²) in [7, 11) is 0. The molecule has 0 aliphatic rings. The molecule has 0 fully saturated rings. The fourth-order valence-corrected chi connectivity index (χ4v) is 7.80. The summed E-state index contributed by atoms with van der Waals surface area (Å²) in [5, 5.41) is 6.19. The van der Waals surface area contributed by atoms with Gasteiger partial charge in [-0.05, 0) is 89.3 Å². The van der Waals surface area contributed by atoms with E-state index in [9.17, 15) is 0 Å². The molecule has 0 amide bonds. The van der Waals surface area contributed by atoms with Crippen LogP contribution >= 0.6 is 0 Å². The van der Waals surface area contributed by atoms with Gasteiger partial charge in [-0.3, -0.25) is 0 Å². The Balaban J connectivity index is 1.08. The lowest BCUT2D eigenvalue weighted by Crippen LogP contribution is -2.10. The van der Waals surface area contributed by atoms with Crippen LogP contribution in [0.1, 0.15) is 0 Å². The van der Waals surface area contributed by atoms with Gasteiger partial charge in [-0.1, -0.05) is 121 Å². The molecular weight excluding hydrogens is 619 g/mol. The Labute approximate surface area is 296 Å². The molecule has 0 aliphatic carbocycles. The quantitative estimate of drug-likeness (QED) is 0.174. The third-order valence-corrected chi connectivity index (χ3v) is 10.1. The van der Waals surface area contributed by atoms with E-state index in [-0.39, 0.29) is 0 Å². The fraction of sp³-hybridized carbons (Fsp3) is 0. The van der Waals surface area contributed by atoms with Crippen LogP contribution in [-0.2, 0) is 0 Å². The van der Waals surface area contributed by atoms with E-state index >= 15 is 0 Å². The van der Waals surface area contributed by atoms with Crippen molar-refractivity contribution in [2.24, 2.45) is 0 Å². The van der Waals surface area contributed by atoms with Crippen LogP contribution in [0.15, 0.2) is 200 Å². The summed E-state index contributed by atoms with van der Waals surface area (Å²) in [6, 6.07) is 69.8. The Bertz CT molecular complexity index is 2840. The number of hydrogen-bond donors (Lipinski definition) is 0. The summed E-state index contributed by atoms with van der Waals surface area (Å²) < 4.78 is 4.73. The highest BCUT2D eigenvalue weighted by molar-refractivity contribution is 6.20. The molecule has 0 saturated heterocycles. The summed E-state index contributed by atoms with van der Waals surface area (Å²) in [5.41, 5.74) is 11.7. The van der Waals surface area contributed by atoms with E-state index < -0.39 is 0 Å². The number of rotatable bonds is 6. The van der Waals surface area contributed by atoms with E-state index in [0.29, 0.717) is 0 Å². The zero-order valence-corrected chi connectivity index (χ0v) is 27.9. The number of hydrogen-bond acceptors (Lipinski definition) is 1. The first-order valence-corrected chi connectivity index (χ1v) is 17.4. The van der Waals surface area contributed by atoms with Crippen molar-refractivity contribution in [3.05, 3.63) is 200 Å². The first-order valence-electron chi connectivity index (χ1n) is 17.4. The largest absolute Gasteiger partial charge is 0.316 e. The maximum Gasteiger partial charge on any atom is 0.0628 e. The average molecular weight is 652 g/mol. The van der Waals surface area contributed by atoms with Crippen LogP contribution in [0.3, 0.4) is 0 Å². The Kier molecular flexibility index (Phi) is 6.81. The van der Waals surface area contributed by atoms with Gasteiger partial charge >= 0.3 is 0 Å². The number of anilines is 3. The van der Waals surface area contributed by atoms with Gasteiger partial charge in [0.2, 0.25) is 0 Å². The highest BCUT2D eigenvalue weighted by Crippen LogP contribution is 2.41. The van der Waals surface area contributed by atoms with E-state index in [0.717, 1.165) is 22.7 Å². The van der Waals surface area contributed by atoms with Crippen LogP contribution in [0.25, 0.3) is 66.0 Å². The second-order valence-electron chi connectivity index (χ2n) is 13.0. The zero-order valence-electron chi connectivity index (χ0n) is 27.9. The Hall–Kier alpha value is -6.84. The first kappa shape index (κ1) is 29.1. The molecule has 0 saturated carbocycles. The van der Waals surface area contributed by atoms with Crippen molar-refractivity contribution in [2.75, 3.05) is 4.90 Å². The molecule has 10 rings (SSSR count). The monoisotopic (exact) mass is 651 g/mol.